The Kier molecular flexibility index (Phi) is 4.54. The Labute approximate surface area is 145 Å². The van der Waals surface area contributed by atoms with Crippen LogP contribution in [0.25, 0.3) is 11.0 Å². The predicted molar refractivity (Wildman–Crippen MR) is 84.0 cm³/mol. The van der Waals surface area contributed by atoms with E-state index in [0.717, 1.165) is 12.3 Å². The van der Waals surface area contributed by atoms with Crippen LogP contribution < -0.4 is 4.74 Å². The molecule has 0 radical (unpaired) electrons. The highest BCUT2D eigenvalue weighted by atomic mass is 19.4. The normalized spacial score (nSPS) is 11.6. The van der Waals surface area contributed by atoms with Crippen molar-refractivity contribution in [2.45, 2.75) is 20.0 Å². The Morgan fingerprint density at radius 1 is 1.27 bits per heavy atom. The molecule has 0 N–H and O–H groups in total. The Balaban J connectivity index is 1.97. The number of carbonyl (C=O) groups excluding carboxylic acids is 1. The van der Waals surface area contributed by atoms with Gasteiger partial charge in [0.25, 0.3) is 0 Å². The van der Waals surface area contributed by atoms with Gasteiger partial charge < -0.3 is 13.9 Å². The van der Waals surface area contributed by atoms with E-state index in [1.165, 1.54) is 18.2 Å². The van der Waals surface area contributed by atoms with Crippen LogP contribution in [0.5, 0.6) is 11.8 Å². The lowest BCUT2D eigenvalue weighted by molar-refractivity contribution is -0.141. The van der Waals surface area contributed by atoms with Gasteiger partial charge in [-0.3, -0.25) is 0 Å². The number of hydrogen-bond acceptors (Lipinski definition) is 6. The average molecular weight is 366 g/mol. The number of rotatable bonds is 4. The van der Waals surface area contributed by atoms with Crippen molar-refractivity contribution in [2.75, 3.05) is 6.61 Å². The van der Waals surface area contributed by atoms with Crippen LogP contribution in [0.15, 0.2) is 34.9 Å². The van der Waals surface area contributed by atoms with E-state index in [4.69, 9.17) is 13.9 Å². The largest absolute Gasteiger partial charge is 0.462 e. The standard InChI is InChI=1S/C17H13F3N2O4/c1-3-24-15(23)14-9(2)25-12-5-4-10(8-11(12)14)26-16-21-7-6-13(22-16)17(18,19)20/h4-8H,3H2,1-2H3. The molecule has 0 aliphatic heterocycles. The van der Waals surface area contributed by atoms with Crippen molar-refractivity contribution in [1.29, 1.82) is 0 Å². The van der Waals surface area contributed by atoms with Crippen molar-refractivity contribution < 1.29 is 31.9 Å². The minimum Gasteiger partial charge on any atom is -0.462 e. The van der Waals surface area contributed by atoms with Crippen molar-refractivity contribution in [2.24, 2.45) is 0 Å². The maximum absolute atomic E-state index is 12.7. The van der Waals surface area contributed by atoms with Gasteiger partial charge in [-0.05, 0) is 38.1 Å². The van der Waals surface area contributed by atoms with Gasteiger partial charge in [0.05, 0.1) is 6.61 Å². The molecule has 136 valence electrons. The van der Waals surface area contributed by atoms with E-state index in [1.807, 2.05) is 0 Å². The molecule has 0 unspecified atom stereocenters. The van der Waals surface area contributed by atoms with Gasteiger partial charge in [0.1, 0.15) is 22.7 Å². The zero-order valence-electron chi connectivity index (χ0n) is 13.8. The van der Waals surface area contributed by atoms with Crippen molar-refractivity contribution in [3.8, 4) is 11.8 Å². The topological polar surface area (TPSA) is 74.5 Å². The van der Waals surface area contributed by atoms with E-state index in [-0.39, 0.29) is 17.9 Å². The summed E-state index contributed by atoms with van der Waals surface area (Å²) in [7, 11) is 0. The van der Waals surface area contributed by atoms with Crippen molar-refractivity contribution >= 4 is 16.9 Å². The van der Waals surface area contributed by atoms with E-state index >= 15 is 0 Å². The molecule has 2 aromatic heterocycles. The summed E-state index contributed by atoms with van der Waals surface area (Å²) in [6, 6.07) is 4.76. The zero-order chi connectivity index (χ0) is 18.9. The highest BCUT2D eigenvalue weighted by Crippen LogP contribution is 2.32. The maximum Gasteiger partial charge on any atom is 0.433 e. The van der Waals surface area contributed by atoms with Crippen molar-refractivity contribution in [3.05, 3.63) is 47.5 Å². The Morgan fingerprint density at radius 3 is 2.73 bits per heavy atom. The molecule has 0 amide bonds. The third kappa shape index (κ3) is 3.46. The summed E-state index contributed by atoms with van der Waals surface area (Å²) in [6.45, 7) is 3.48. The predicted octanol–water partition coefficient (Wildman–Crippen LogP) is 4.52. The second-order valence-corrected chi connectivity index (χ2v) is 5.24. The van der Waals surface area contributed by atoms with Gasteiger partial charge in [-0.25, -0.2) is 9.78 Å². The number of hydrogen-bond donors (Lipinski definition) is 0. The van der Waals surface area contributed by atoms with Gasteiger partial charge in [-0.1, -0.05) is 0 Å². The van der Waals surface area contributed by atoms with Crippen LogP contribution in [0, 0.1) is 6.92 Å². The molecule has 0 saturated carbocycles. The molecule has 2 heterocycles. The molecule has 0 atom stereocenters. The molecule has 0 bridgehead atoms. The molecule has 6 nitrogen and oxygen atoms in total. The van der Waals surface area contributed by atoms with Crippen LogP contribution in [0.1, 0.15) is 28.7 Å². The molecular formula is C17H13F3N2O4. The van der Waals surface area contributed by atoms with Crippen LogP contribution in [-0.2, 0) is 10.9 Å². The molecular weight excluding hydrogens is 353 g/mol. The summed E-state index contributed by atoms with van der Waals surface area (Å²) in [4.78, 5) is 19.1. The molecule has 0 spiro atoms. The number of carbonyl (C=O) groups is 1. The molecule has 3 rings (SSSR count). The van der Waals surface area contributed by atoms with Gasteiger partial charge in [0.2, 0.25) is 0 Å². The second kappa shape index (κ2) is 6.66. The lowest BCUT2D eigenvalue weighted by atomic mass is 10.1. The Bertz CT molecular complexity index is 966. The fourth-order valence-electron chi connectivity index (χ4n) is 2.37. The molecule has 0 aliphatic carbocycles. The van der Waals surface area contributed by atoms with Gasteiger partial charge in [0.15, 0.2) is 5.69 Å². The van der Waals surface area contributed by atoms with Crippen LogP contribution in [0.3, 0.4) is 0 Å². The zero-order valence-corrected chi connectivity index (χ0v) is 13.8. The molecule has 0 aliphatic rings. The Morgan fingerprint density at radius 2 is 2.04 bits per heavy atom. The lowest BCUT2D eigenvalue weighted by Crippen LogP contribution is -2.08. The minimum absolute atomic E-state index is 0.156. The minimum atomic E-state index is -4.61. The quantitative estimate of drug-likeness (QED) is 0.632. The molecule has 26 heavy (non-hydrogen) atoms. The van der Waals surface area contributed by atoms with Gasteiger partial charge >= 0.3 is 18.2 Å². The fourth-order valence-corrected chi connectivity index (χ4v) is 2.37. The third-order valence-electron chi connectivity index (χ3n) is 3.45. The van der Waals surface area contributed by atoms with Crippen molar-refractivity contribution in [1.82, 2.24) is 9.97 Å². The fraction of sp³-hybridized carbons (Fsp3) is 0.235. The van der Waals surface area contributed by atoms with Gasteiger partial charge in [0, 0.05) is 11.6 Å². The summed E-state index contributed by atoms with van der Waals surface area (Å²) < 4.78 is 54.0. The number of fused-ring (bicyclic) bond motifs is 1. The number of alkyl halides is 3. The first-order chi connectivity index (χ1) is 12.3. The number of halogens is 3. The average Bonchev–Trinajstić information content (AvgIpc) is 2.90. The number of esters is 1. The molecule has 9 heteroatoms. The summed E-state index contributed by atoms with van der Waals surface area (Å²) >= 11 is 0. The molecule has 0 fully saturated rings. The van der Waals surface area contributed by atoms with E-state index in [2.05, 4.69) is 9.97 Å². The second-order valence-electron chi connectivity index (χ2n) is 5.24. The van der Waals surface area contributed by atoms with E-state index in [0.29, 0.717) is 16.7 Å². The van der Waals surface area contributed by atoms with E-state index < -0.39 is 23.8 Å². The highest BCUT2D eigenvalue weighted by Gasteiger charge is 2.33. The smallest absolute Gasteiger partial charge is 0.433 e. The van der Waals surface area contributed by atoms with Gasteiger partial charge in [-0.15, -0.1) is 0 Å². The van der Waals surface area contributed by atoms with Gasteiger partial charge in [-0.2, -0.15) is 18.2 Å². The first-order valence-corrected chi connectivity index (χ1v) is 7.58. The molecule has 1 aromatic carbocycles. The van der Waals surface area contributed by atoms with Crippen molar-refractivity contribution in [3.63, 3.8) is 0 Å². The number of ether oxygens (including phenoxy) is 2. The van der Waals surface area contributed by atoms with Crippen LogP contribution >= 0.6 is 0 Å². The Hall–Kier alpha value is -3.10. The number of aromatic nitrogens is 2. The lowest BCUT2D eigenvalue weighted by Gasteiger charge is -2.08. The summed E-state index contributed by atoms with van der Waals surface area (Å²) in [6.07, 6.45) is -3.65. The number of nitrogens with zero attached hydrogens (tertiary/aromatic N) is 2. The number of furan rings is 1. The van der Waals surface area contributed by atoms with Crippen LogP contribution in [-0.4, -0.2) is 22.5 Å². The summed E-state index contributed by atoms with van der Waals surface area (Å²) in [5, 5.41) is 0.422. The number of benzene rings is 1. The van der Waals surface area contributed by atoms with Crippen LogP contribution in [0.4, 0.5) is 13.2 Å². The highest BCUT2D eigenvalue weighted by molar-refractivity contribution is 6.04. The molecule has 3 aromatic rings. The van der Waals surface area contributed by atoms with E-state index in [9.17, 15) is 18.0 Å². The summed E-state index contributed by atoms with van der Waals surface area (Å²) in [5.41, 5.74) is -0.463. The van der Waals surface area contributed by atoms with E-state index in [1.54, 1.807) is 13.8 Å². The SMILES string of the molecule is CCOC(=O)c1c(C)oc2ccc(Oc3nccc(C(F)(F)F)n3)cc12. The third-order valence-corrected chi connectivity index (χ3v) is 3.45. The number of aryl methyl sites for hydroxylation is 1. The first-order valence-electron chi connectivity index (χ1n) is 7.58. The maximum atomic E-state index is 12.7. The monoisotopic (exact) mass is 366 g/mol. The first kappa shape index (κ1) is 17.7. The summed E-state index contributed by atoms with van der Waals surface area (Å²) in [5.74, 6) is -0.0367. The van der Waals surface area contributed by atoms with Crippen LogP contribution in [0.2, 0.25) is 0 Å². The molecule has 0 saturated heterocycles.